The minimum Gasteiger partial charge on any atom is -0.508 e. The first-order valence-electron chi connectivity index (χ1n) is 11.2. The van der Waals surface area contributed by atoms with E-state index in [0.29, 0.717) is 12.5 Å². The Morgan fingerprint density at radius 3 is 2.39 bits per heavy atom. The first-order valence-corrected chi connectivity index (χ1v) is 11.2. The van der Waals surface area contributed by atoms with E-state index in [2.05, 4.69) is 22.4 Å². The molecular weight excluding hydrogens is 386 g/mol. The smallest absolute Gasteiger partial charge is 0.135 e. The molecule has 4 rings (SSSR count). The molecular formula is C26H33N3O2. The van der Waals surface area contributed by atoms with Gasteiger partial charge in [0.15, 0.2) is 0 Å². The summed E-state index contributed by atoms with van der Waals surface area (Å²) in [4.78, 5) is 4.45. The van der Waals surface area contributed by atoms with Gasteiger partial charge in [-0.3, -0.25) is 0 Å². The Morgan fingerprint density at radius 2 is 1.74 bits per heavy atom. The van der Waals surface area contributed by atoms with E-state index in [1.807, 2.05) is 44.2 Å². The number of rotatable bonds is 6. The van der Waals surface area contributed by atoms with Gasteiger partial charge in [0.05, 0.1) is 6.34 Å². The fraction of sp³-hybridized carbons (Fsp3) is 0.346. The number of aromatic hydroxyl groups is 1. The molecule has 1 aliphatic heterocycles. The summed E-state index contributed by atoms with van der Waals surface area (Å²) in [5, 5.41) is 13.2. The van der Waals surface area contributed by atoms with E-state index in [9.17, 15) is 5.11 Å². The predicted molar refractivity (Wildman–Crippen MR) is 128 cm³/mol. The van der Waals surface area contributed by atoms with Crippen LogP contribution in [-0.4, -0.2) is 24.6 Å². The second-order valence-corrected chi connectivity index (χ2v) is 7.54. The number of hydrogen-bond donors (Lipinski definition) is 3. The number of phenolic OH excluding ortho intramolecular Hbond substituents is 1. The summed E-state index contributed by atoms with van der Waals surface area (Å²) >= 11 is 0. The molecule has 5 heteroatoms. The number of benzene rings is 2. The van der Waals surface area contributed by atoms with Crippen LogP contribution in [0, 0.1) is 5.92 Å². The van der Waals surface area contributed by atoms with Crippen molar-refractivity contribution in [3.63, 3.8) is 0 Å². The maximum atomic E-state index is 9.66. The highest BCUT2D eigenvalue weighted by atomic mass is 16.5. The molecule has 1 saturated carbocycles. The maximum Gasteiger partial charge on any atom is 0.135 e. The summed E-state index contributed by atoms with van der Waals surface area (Å²) in [6, 6.07) is 17.3. The first-order chi connectivity index (χ1) is 15.3. The number of hydrogen-bond acceptors (Lipinski definition) is 4. The second kappa shape index (κ2) is 11.3. The van der Waals surface area contributed by atoms with Gasteiger partial charge in [-0.25, -0.2) is 4.99 Å². The van der Waals surface area contributed by atoms with Crippen LogP contribution in [0.25, 0.3) is 11.3 Å². The van der Waals surface area contributed by atoms with E-state index in [0.717, 1.165) is 40.4 Å². The van der Waals surface area contributed by atoms with Crippen molar-refractivity contribution in [2.45, 2.75) is 39.5 Å². The van der Waals surface area contributed by atoms with Crippen LogP contribution < -0.4 is 11.1 Å². The summed E-state index contributed by atoms with van der Waals surface area (Å²) in [6.45, 7) is 5.32. The average molecular weight is 420 g/mol. The van der Waals surface area contributed by atoms with E-state index < -0.39 is 0 Å². The van der Waals surface area contributed by atoms with Gasteiger partial charge in [-0.15, -0.1) is 0 Å². The predicted octanol–water partition coefficient (Wildman–Crippen LogP) is 5.30. The monoisotopic (exact) mass is 419 g/mol. The van der Waals surface area contributed by atoms with Crippen molar-refractivity contribution >= 4 is 17.7 Å². The molecule has 0 atom stereocenters. The first kappa shape index (κ1) is 22.5. The standard InChI is InChI=1S/C24H27N3O2.C2H6/c25-16-27-24(26-14-17-6-4-5-7-17)21-15-29-23(19-10-12-20(28)13-11-19)22(21)18-8-2-1-3-9-18;1-2/h1-3,8-13,16-17,26,28H,4-7,14-15H2,(H2,25,27);1-2H3/b24-21+;. The van der Waals surface area contributed by atoms with Crippen molar-refractivity contribution < 1.29 is 9.84 Å². The van der Waals surface area contributed by atoms with E-state index in [1.165, 1.54) is 32.0 Å². The van der Waals surface area contributed by atoms with Gasteiger partial charge in [0.25, 0.3) is 0 Å². The summed E-state index contributed by atoms with van der Waals surface area (Å²) in [5.74, 6) is 2.48. The molecule has 0 amide bonds. The number of phenols is 1. The summed E-state index contributed by atoms with van der Waals surface area (Å²) in [6.07, 6.45) is 6.48. The van der Waals surface area contributed by atoms with Gasteiger partial charge in [-0.1, -0.05) is 57.0 Å². The van der Waals surface area contributed by atoms with Gasteiger partial charge >= 0.3 is 0 Å². The maximum absolute atomic E-state index is 9.66. The SMILES string of the molecule is CC.N/C=N\C(NCC1CCCC1)=C1/COC(c2ccc(O)cc2)=C1c1ccccc1. The molecule has 4 N–H and O–H groups in total. The Morgan fingerprint density at radius 1 is 1.06 bits per heavy atom. The van der Waals surface area contributed by atoms with Crippen LogP contribution in [0.2, 0.25) is 0 Å². The Labute approximate surface area is 185 Å². The van der Waals surface area contributed by atoms with Gasteiger partial charge in [-0.2, -0.15) is 0 Å². The second-order valence-electron chi connectivity index (χ2n) is 7.54. The molecule has 31 heavy (non-hydrogen) atoms. The van der Waals surface area contributed by atoms with E-state index in [-0.39, 0.29) is 5.75 Å². The van der Waals surface area contributed by atoms with Gasteiger partial charge in [0.2, 0.25) is 0 Å². The van der Waals surface area contributed by atoms with Crippen molar-refractivity contribution in [3.8, 4) is 5.75 Å². The summed E-state index contributed by atoms with van der Waals surface area (Å²) in [7, 11) is 0. The van der Waals surface area contributed by atoms with E-state index >= 15 is 0 Å². The molecule has 2 aromatic rings. The Bertz CT molecular complexity index is 925. The highest BCUT2D eigenvalue weighted by Gasteiger charge is 2.27. The molecule has 0 spiro atoms. The van der Waals surface area contributed by atoms with Crippen molar-refractivity contribution in [2.24, 2.45) is 16.6 Å². The topological polar surface area (TPSA) is 79.9 Å². The highest BCUT2D eigenvalue weighted by molar-refractivity contribution is 5.98. The molecule has 0 aromatic heterocycles. The van der Waals surface area contributed by atoms with Crippen molar-refractivity contribution in [2.75, 3.05) is 13.2 Å². The van der Waals surface area contributed by atoms with Crippen LogP contribution in [-0.2, 0) is 4.74 Å². The lowest BCUT2D eigenvalue weighted by Crippen LogP contribution is -2.22. The van der Waals surface area contributed by atoms with Crippen LogP contribution in [0.1, 0.15) is 50.7 Å². The number of nitrogens with zero attached hydrogens (tertiary/aromatic N) is 1. The molecule has 0 saturated heterocycles. The van der Waals surface area contributed by atoms with Crippen molar-refractivity contribution in [1.29, 1.82) is 0 Å². The van der Waals surface area contributed by atoms with Crippen molar-refractivity contribution in [1.82, 2.24) is 5.32 Å². The fourth-order valence-corrected chi connectivity index (χ4v) is 4.12. The molecule has 5 nitrogen and oxygen atoms in total. The molecule has 1 heterocycles. The number of nitrogens with one attached hydrogen (secondary N) is 1. The molecule has 2 aromatic carbocycles. The third kappa shape index (κ3) is 5.48. The van der Waals surface area contributed by atoms with Crippen molar-refractivity contribution in [3.05, 3.63) is 77.1 Å². The van der Waals surface area contributed by atoms with Gasteiger partial charge in [-0.05, 0) is 48.6 Å². The molecule has 0 radical (unpaired) electrons. The minimum absolute atomic E-state index is 0.232. The van der Waals surface area contributed by atoms with E-state index in [4.69, 9.17) is 10.5 Å². The Kier molecular flexibility index (Phi) is 8.16. The molecule has 1 fully saturated rings. The third-order valence-electron chi connectivity index (χ3n) is 5.60. The van der Waals surface area contributed by atoms with Crippen LogP contribution in [0.5, 0.6) is 5.75 Å². The lowest BCUT2D eigenvalue weighted by molar-refractivity contribution is 0.328. The third-order valence-corrected chi connectivity index (χ3v) is 5.60. The fourth-order valence-electron chi connectivity index (χ4n) is 4.12. The minimum atomic E-state index is 0.232. The lowest BCUT2D eigenvalue weighted by atomic mass is 9.96. The number of aliphatic imine (C=N–C) groups is 1. The number of ether oxygens (including phenoxy) is 1. The zero-order valence-corrected chi connectivity index (χ0v) is 18.5. The van der Waals surface area contributed by atoms with Crippen LogP contribution in [0.3, 0.4) is 0 Å². The molecule has 1 aliphatic carbocycles. The normalized spacial score (nSPS) is 18.0. The molecule has 2 aliphatic rings. The van der Waals surface area contributed by atoms with Gasteiger partial charge < -0.3 is 20.9 Å². The van der Waals surface area contributed by atoms with Crippen LogP contribution in [0.4, 0.5) is 0 Å². The zero-order valence-electron chi connectivity index (χ0n) is 18.5. The largest absolute Gasteiger partial charge is 0.508 e. The van der Waals surface area contributed by atoms with Gasteiger partial charge in [0, 0.05) is 23.3 Å². The Balaban J connectivity index is 0.00000132. The molecule has 164 valence electrons. The Hall–Kier alpha value is -3.21. The highest BCUT2D eigenvalue weighted by Crippen LogP contribution is 2.40. The van der Waals surface area contributed by atoms with Crippen LogP contribution in [0.15, 0.2) is 71.0 Å². The molecule has 0 bridgehead atoms. The lowest BCUT2D eigenvalue weighted by Gasteiger charge is -2.15. The summed E-state index contributed by atoms with van der Waals surface area (Å²) in [5.41, 5.74) is 9.67. The molecule has 0 unspecified atom stereocenters. The van der Waals surface area contributed by atoms with E-state index in [1.54, 1.807) is 12.1 Å². The van der Waals surface area contributed by atoms with Gasteiger partial charge in [0.1, 0.15) is 23.9 Å². The zero-order chi connectivity index (χ0) is 22.1. The van der Waals surface area contributed by atoms with Crippen LogP contribution >= 0.6 is 0 Å². The summed E-state index contributed by atoms with van der Waals surface area (Å²) < 4.78 is 6.14. The number of nitrogens with two attached hydrogens (primary N) is 1. The quantitative estimate of drug-likeness (QED) is 0.439. The average Bonchev–Trinajstić information content (AvgIpc) is 3.49.